The van der Waals surface area contributed by atoms with Gasteiger partial charge in [-0.1, -0.05) is 26.2 Å². The third kappa shape index (κ3) is 7.33. The Hall–Kier alpha value is -1.29. The number of halogens is 1. The molecule has 0 atom stereocenters. The number of nitrogens with zero attached hydrogens (tertiary/aromatic N) is 3. The molecule has 27 heavy (non-hydrogen) atoms. The minimum Gasteiger partial charge on any atom is -0.493 e. The van der Waals surface area contributed by atoms with E-state index in [2.05, 4.69) is 50.9 Å². The van der Waals surface area contributed by atoms with E-state index in [-0.39, 0.29) is 0 Å². The third-order valence-electron chi connectivity index (χ3n) is 4.94. The Balaban J connectivity index is 1.89. The number of piperazine rings is 1. The smallest absolute Gasteiger partial charge is 0.175 e. The van der Waals surface area contributed by atoms with Crippen LogP contribution < -0.4 is 9.47 Å². The van der Waals surface area contributed by atoms with E-state index in [1.54, 1.807) is 7.11 Å². The third-order valence-corrected chi connectivity index (χ3v) is 5.53. The zero-order chi connectivity index (χ0) is 19.5. The summed E-state index contributed by atoms with van der Waals surface area (Å²) in [7, 11) is 1.70. The van der Waals surface area contributed by atoms with Crippen molar-refractivity contribution in [1.82, 2.24) is 9.80 Å². The molecule has 5 nitrogen and oxygen atoms in total. The van der Waals surface area contributed by atoms with Crippen molar-refractivity contribution in [3.05, 3.63) is 22.2 Å². The van der Waals surface area contributed by atoms with Gasteiger partial charge in [0.2, 0.25) is 0 Å². The molecule has 150 valence electrons. The highest BCUT2D eigenvalue weighted by Gasteiger charge is 2.18. The molecule has 2 rings (SSSR count). The molecule has 0 aromatic heterocycles. The zero-order valence-corrected chi connectivity index (χ0v) is 18.3. The van der Waals surface area contributed by atoms with E-state index in [0.29, 0.717) is 6.42 Å². The summed E-state index contributed by atoms with van der Waals surface area (Å²) in [5, 5.41) is 8.72. The topological polar surface area (TPSA) is 48.7 Å². The van der Waals surface area contributed by atoms with Crippen molar-refractivity contribution in [2.24, 2.45) is 0 Å². The van der Waals surface area contributed by atoms with Gasteiger partial charge in [-0.15, -0.1) is 0 Å². The molecule has 1 aromatic carbocycles. The highest BCUT2D eigenvalue weighted by molar-refractivity contribution is 9.10. The lowest BCUT2D eigenvalue weighted by Gasteiger charge is -2.34. The van der Waals surface area contributed by atoms with Gasteiger partial charge >= 0.3 is 0 Å². The Morgan fingerprint density at radius 1 is 1.11 bits per heavy atom. The first kappa shape index (κ1) is 22.0. The van der Waals surface area contributed by atoms with Crippen molar-refractivity contribution in [2.45, 2.75) is 45.6 Å². The van der Waals surface area contributed by atoms with E-state index < -0.39 is 0 Å². The fraction of sp³-hybridized carbons (Fsp3) is 0.667. The number of methoxy groups -OCH3 is 1. The Kier molecular flexibility index (Phi) is 9.96. The number of unbranched alkanes of at least 4 members (excludes halogenated alkanes) is 3. The summed E-state index contributed by atoms with van der Waals surface area (Å²) >= 11 is 3.66. The second kappa shape index (κ2) is 12.2. The number of hydrogen-bond donors (Lipinski definition) is 0. The summed E-state index contributed by atoms with van der Waals surface area (Å²) in [5.41, 5.74) is 1.22. The average Bonchev–Trinajstić information content (AvgIpc) is 2.68. The first-order valence-electron chi connectivity index (χ1n) is 9.98. The fourth-order valence-corrected chi connectivity index (χ4v) is 3.95. The Morgan fingerprint density at radius 2 is 1.85 bits per heavy atom. The molecule has 0 amide bonds. The van der Waals surface area contributed by atoms with Crippen LogP contribution in [0.1, 0.15) is 44.6 Å². The number of hydrogen-bond acceptors (Lipinski definition) is 5. The van der Waals surface area contributed by atoms with E-state index in [1.807, 2.05) is 0 Å². The van der Waals surface area contributed by atoms with Crippen LogP contribution in [0.4, 0.5) is 0 Å². The minimum absolute atomic E-state index is 0.615. The second-order valence-corrected chi connectivity index (χ2v) is 7.90. The van der Waals surface area contributed by atoms with Crippen LogP contribution in [0.2, 0.25) is 0 Å². The van der Waals surface area contributed by atoms with Crippen molar-refractivity contribution in [2.75, 3.05) is 46.4 Å². The summed E-state index contributed by atoms with van der Waals surface area (Å²) < 4.78 is 12.5. The van der Waals surface area contributed by atoms with Crippen LogP contribution in [0.15, 0.2) is 16.6 Å². The van der Waals surface area contributed by atoms with Gasteiger partial charge in [-0.25, -0.2) is 0 Å². The van der Waals surface area contributed by atoms with Crippen molar-refractivity contribution in [1.29, 1.82) is 5.26 Å². The van der Waals surface area contributed by atoms with Gasteiger partial charge in [-0.2, -0.15) is 5.26 Å². The summed E-state index contributed by atoms with van der Waals surface area (Å²) in [6.45, 7) is 8.83. The standard InChI is InChI=1S/C21H32BrN3O2/c1-3-4-5-6-14-27-21-19(22)15-18(16-20(21)26-2)17-25-12-10-24(11-13-25)9-7-8-23/h15-16H,3-7,9-14,17H2,1-2H3. The Labute approximate surface area is 172 Å². The molecule has 1 aliphatic heterocycles. The van der Waals surface area contributed by atoms with Crippen LogP contribution >= 0.6 is 15.9 Å². The molecule has 0 bridgehead atoms. The molecule has 1 saturated heterocycles. The predicted octanol–water partition coefficient (Wildman–Crippen LogP) is 4.45. The molecule has 1 fully saturated rings. The van der Waals surface area contributed by atoms with Gasteiger partial charge in [0.15, 0.2) is 11.5 Å². The number of rotatable bonds is 11. The van der Waals surface area contributed by atoms with E-state index in [4.69, 9.17) is 14.7 Å². The number of ether oxygens (including phenoxy) is 2. The maximum Gasteiger partial charge on any atom is 0.175 e. The van der Waals surface area contributed by atoms with Gasteiger partial charge < -0.3 is 9.47 Å². The van der Waals surface area contributed by atoms with Gasteiger partial charge in [0.1, 0.15) is 0 Å². The molecule has 0 saturated carbocycles. The molecule has 6 heteroatoms. The largest absolute Gasteiger partial charge is 0.493 e. The summed E-state index contributed by atoms with van der Waals surface area (Å²) in [4.78, 5) is 4.82. The predicted molar refractivity (Wildman–Crippen MR) is 112 cm³/mol. The lowest BCUT2D eigenvalue weighted by Crippen LogP contribution is -2.46. The van der Waals surface area contributed by atoms with Gasteiger partial charge in [-0.05, 0) is 40.0 Å². The summed E-state index contributed by atoms with van der Waals surface area (Å²) in [6, 6.07) is 6.46. The number of nitriles is 1. The molecular formula is C21H32BrN3O2. The number of benzene rings is 1. The van der Waals surface area contributed by atoms with E-state index >= 15 is 0 Å². The molecule has 1 heterocycles. The van der Waals surface area contributed by atoms with Crippen molar-refractivity contribution < 1.29 is 9.47 Å². The van der Waals surface area contributed by atoms with Crippen molar-refractivity contribution in [3.8, 4) is 17.6 Å². The summed E-state index contributed by atoms with van der Waals surface area (Å²) in [6.07, 6.45) is 5.37. The first-order chi connectivity index (χ1) is 13.2. The lowest BCUT2D eigenvalue weighted by molar-refractivity contribution is 0.129. The molecule has 0 unspecified atom stereocenters. The lowest BCUT2D eigenvalue weighted by atomic mass is 10.1. The molecular weight excluding hydrogens is 406 g/mol. The van der Waals surface area contributed by atoms with Crippen LogP contribution in [-0.4, -0.2) is 56.2 Å². The van der Waals surface area contributed by atoms with Crippen LogP contribution in [0.3, 0.4) is 0 Å². The SMILES string of the molecule is CCCCCCOc1c(Br)cc(CN2CCN(CCC#N)CC2)cc1OC. The molecule has 0 aliphatic carbocycles. The average molecular weight is 438 g/mol. The molecule has 1 aliphatic rings. The van der Waals surface area contributed by atoms with Gasteiger partial charge in [-0.3, -0.25) is 9.80 Å². The van der Waals surface area contributed by atoms with Crippen LogP contribution in [0, 0.1) is 11.3 Å². The van der Waals surface area contributed by atoms with Crippen molar-refractivity contribution in [3.63, 3.8) is 0 Å². The summed E-state index contributed by atoms with van der Waals surface area (Å²) in [5.74, 6) is 1.60. The Morgan fingerprint density at radius 3 is 2.52 bits per heavy atom. The quantitative estimate of drug-likeness (QED) is 0.478. The van der Waals surface area contributed by atoms with Crippen LogP contribution in [0.5, 0.6) is 11.5 Å². The first-order valence-corrected chi connectivity index (χ1v) is 10.8. The van der Waals surface area contributed by atoms with E-state index in [1.165, 1.54) is 24.8 Å². The minimum atomic E-state index is 0.615. The Bertz CT molecular complexity index is 610. The second-order valence-electron chi connectivity index (χ2n) is 7.04. The van der Waals surface area contributed by atoms with Crippen molar-refractivity contribution >= 4 is 15.9 Å². The zero-order valence-electron chi connectivity index (χ0n) is 16.7. The van der Waals surface area contributed by atoms with Gasteiger partial charge in [0.25, 0.3) is 0 Å². The molecule has 0 N–H and O–H groups in total. The maximum absolute atomic E-state index is 8.72. The normalized spacial score (nSPS) is 15.5. The van der Waals surface area contributed by atoms with E-state index in [9.17, 15) is 0 Å². The van der Waals surface area contributed by atoms with Gasteiger partial charge in [0.05, 0.1) is 24.3 Å². The highest BCUT2D eigenvalue weighted by Crippen LogP contribution is 2.37. The fourth-order valence-electron chi connectivity index (χ4n) is 3.34. The van der Waals surface area contributed by atoms with Gasteiger partial charge in [0, 0.05) is 45.7 Å². The molecule has 1 aromatic rings. The maximum atomic E-state index is 8.72. The van der Waals surface area contributed by atoms with Crippen LogP contribution in [0.25, 0.3) is 0 Å². The van der Waals surface area contributed by atoms with Crippen LogP contribution in [-0.2, 0) is 6.54 Å². The van der Waals surface area contributed by atoms with E-state index in [0.717, 1.165) is 68.3 Å². The monoisotopic (exact) mass is 437 g/mol. The molecule has 0 radical (unpaired) electrons. The highest BCUT2D eigenvalue weighted by atomic mass is 79.9. The molecule has 0 spiro atoms.